The molecule has 0 bridgehead atoms. The van der Waals surface area contributed by atoms with E-state index in [1.165, 1.54) is 6.21 Å². The maximum absolute atomic E-state index is 12.3. The van der Waals surface area contributed by atoms with Gasteiger partial charge in [0.15, 0.2) is 23.0 Å². The second kappa shape index (κ2) is 9.53. The van der Waals surface area contributed by atoms with Crippen LogP contribution < -0.4 is 24.4 Å². The number of hydrazone groups is 1. The van der Waals surface area contributed by atoms with Gasteiger partial charge in [-0.1, -0.05) is 30.3 Å². The second-order valence-electron chi connectivity index (χ2n) is 6.58. The average Bonchev–Trinajstić information content (AvgIpc) is 3.26. The van der Waals surface area contributed by atoms with Crippen molar-refractivity contribution in [3.63, 3.8) is 0 Å². The van der Waals surface area contributed by atoms with Gasteiger partial charge < -0.3 is 18.9 Å². The quantitative estimate of drug-likeness (QED) is 0.395. The fraction of sp³-hybridized carbons (Fsp3) is 0.130. The number of carbonyl (C=O) groups excluding carboxylic acids is 1. The van der Waals surface area contributed by atoms with Crippen LogP contribution in [0.25, 0.3) is 0 Å². The van der Waals surface area contributed by atoms with Crippen molar-refractivity contribution in [2.75, 3.05) is 13.9 Å². The van der Waals surface area contributed by atoms with Gasteiger partial charge in [-0.2, -0.15) is 5.10 Å². The van der Waals surface area contributed by atoms with E-state index in [2.05, 4.69) is 26.5 Å². The molecule has 0 atom stereocenters. The molecule has 3 aromatic carbocycles. The summed E-state index contributed by atoms with van der Waals surface area (Å²) in [6.07, 6.45) is 1.53. The van der Waals surface area contributed by atoms with Gasteiger partial charge in [0.05, 0.1) is 17.8 Å². The average molecular weight is 483 g/mol. The van der Waals surface area contributed by atoms with E-state index in [0.717, 1.165) is 11.1 Å². The first-order chi connectivity index (χ1) is 15.1. The van der Waals surface area contributed by atoms with Crippen molar-refractivity contribution in [1.82, 2.24) is 5.43 Å². The number of hydrogen-bond acceptors (Lipinski definition) is 6. The first-order valence-electron chi connectivity index (χ1n) is 9.41. The lowest BCUT2D eigenvalue weighted by atomic mass is 10.2. The van der Waals surface area contributed by atoms with Crippen LogP contribution in [0.4, 0.5) is 0 Å². The molecule has 7 nitrogen and oxygen atoms in total. The molecule has 158 valence electrons. The van der Waals surface area contributed by atoms with Crippen LogP contribution >= 0.6 is 15.9 Å². The molecule has 0 saturated heterocycles. The highest BCUT2D eigenvalue weighted by Crippen LogP contribution is 2.37. The van der Waals surface area contributed by atoms with E-state index < -0.39 is 0 Å². The number of methoxy groups -OCH3 is 1. The number of halogens is 1. The molecule has 0 fully saturated rings. The van der Waals surface area contributed by atoms with Crippen LogP contribution in [-0.2, 0) is 6.61 Å². The topological polar surface area (TPSA) is 78.4 Å². The molecule has 1 N–H and O–H groups in total. The van der Waals surface area contributed by atoms with Crippen molar-refractivity contribution < 1.29 is 23.7 Å². The summed E-state index contributed by atoms with van der Waals surface area (Å²) in [6, 6.07) is 18.4. The van der Waals surface area contributed by atoms with Crippen LogP contribution in [-0.4, -0.2) is 26.0 Å². The Morgan fingerprint density at radius 1 is 1.13 bits per heavy atom. The van der Waals surface area contributed by atoms with E-state index >= 15 is 0 Å². The summed E-state index contributed by atoms with van der Waals surface area (Å²) in [5.74, 6) is 1.94. The van der Waals surface area contributed by atoms with E-state index in [1.54, 1.807) is 31.4 Å². The standard InChI is InChI=1S/C23H19BrN2O5/c1-28-21-10-16(9-18(24)22(21)29-13-15-5-3-2-4-6-15)12-25-26-23(27)17-7-8-19-20(11-17)31-14-30-19/h2-12H,13-14H2,1H3,(H,26,27)/b25-12+. The molecule has 0 aliphatic carbocycles. The molecular weight excluding hydrogens is 464 g/mol. The van der Waals surface area contributed by atoms with E-state index in [-0.39, 0.29) is 12.7 Å². The summed E-state index contributed by atoms with van der Waals surface area (Å²) in [5.41, 5.74) is 4.70. The Kier molecular flexibility index (Phi) is 6.37. The fourth-order valence-electron chi connectivity index (χ4n) is 2.95. The van der Waals surface area contributed by atoms with E-state index in [1.807, 2.05) is 36.4 Å². The van der Waals surface area contributed by atoms with Gasteiger partial charge in [-0.25, -0.2) is 5.43 Å². The van der Waals surface area contributed by atoms with Crippen molar-refractivity contribution in [3.05, 3.63) is 81.8 Å². The first-order valence-corrected chi connectivity index (χ1v) is 10.2. The Hall–Kier alpha value is -3.52. The number of amides is 1. The summed E-state index contributed by atoms with van der Waals surface area (Å²) in [6.45, 7) is 0.565. The van der Waals surface area contributed by atoms with Crippen molar-refractivity contribution in [2.45, 2.75) is 6.61 Å². The first kappa shape index (κ1) is 20.7. The molecule has 1 heterocycles. The minimum absolute atomic E-state index is 0.153. The van der Waals surface area contributed by atoms with Gasteiger partial charge >= 0.3 is 0 Å². The number of nitrogens with one attached hydrogen (secondary N) is 1. The van der Waals surface area contributed by atoms with Gasteiger partial charge in [-0.15, -0.1) is 0 Å². The molecule has 3 aromatic rings. The fourth-order valence-corrected chi connectivity index (χ4v) is 3.53. The minimum atomic E-state index is -0.358. The molecule has 1 aliphatic rings. The predicted molar refractivity (Wildman–Crippen MR) is 119 cm³/mol. The molecule has 0 saturated carbocycles. The maximum Gasteiger partial charge on any atom is 0.271 e. The SMILES string of the molecule is COc1cc(/C=N/NC(=O)c2ccc3c(c2)OCO3)cc(Br)c1OCc1ccccc1. The zero-order valence-electron chi connectivity index (χ0n) is 16.6. The van der Waals surface area contributed by atoms with Crippen LogP contribution in [0.3, 0.4) is 0 Å². The van der Waals surface area contributed by atoms with Crippen LogP contribution in [0.1, 0.15) is 21.5 Å². The van der Waals surface area contributed by atoms with Crippen LogP contribution in [0, 0.1) is 0 Å². The normalized spacial score (nSPS) is 12.1. The molecule has 1 amide bonds. The highest BCUT2D eigenvalue weighted by Gasteiger charge is 2.16. The Morgan fingerprint density at radius 3 is 2.74 bits per heavy atom. The van der Waals surface area contributed by atoms with Gasteiger partial charge in [-0.3, -0.25) is 4.79 Å². The van der Waals surface area contributed by atoms with Gasteiger partial charge in [-0.05, 0) is 57.4 Å². The van der Waals surface area contributed by atoms with E-state index in [0.29, 0.717) is 39.6 Å². The van der Waals surface area contributed by atoms with Crippen molar-refractivity contribution in [2.24, 2.45) is 5.10 Å². The zero-order chi connectivity index (χ0) is 21.6. The third-order valence-electron chi connectivity index (χ3n) is 4.49. The molecule has 1 aliphatic heterocycles. The van der Waals surface area contributed by atoms with E-state index in [9.17, 15) is 4.79 Å². The third-order valence-corrected chi connectivity index (χ3v) is 5.08. The smallest absolute Gasteiger partial charge is 0.271 e. The number of rotatable bonds is 7. The molecule has 8 heteroatoms. The molecule has 0 spiro atoms. The van der Waals surface area contributed by atoms with Crippen LogP contribution in [0.15, 0.2) is 70.2 Å². The minimum Gasteiger partial charge on any atom is -0.493 e. The number of hydrogen-bond donors (Lipinski definition) is 1. The monoisotopic (exact) mass is 482 g/mol. The van der Waals surface area contributed by atoms with Crippen LogP contribution in [0.5, 0.6) is 23.0 Å². The van der Waals surface area contributed by atoms with Gasteiger partial charge in [0, 0.05) is 5.56 Å². The van der Waals surface area contributed by atoms with Crippen molar-refractivity contribution in [3.8, 4) is 23.0 Å². The Morgan fingerprint density at radius 2 is 1.94 bits per heavy atom. The molecular formula is C23H19BrN2O5. The molecule has 0 radical (unpaired) electrons. The number of nitrogens with zero attached hydrogens (tertiary/aromatic N) is 1. The summed E-state index contributed by atoms with van der Waals surface area (Å²) in [7, 11) is 1.57. The predicted octanol–water partition coefficient (Wildman–Crippen LogP) is 4.53. The number of ether oxygens (including phenoxy) is 4. The van der Waals surface area contributed by atoms with Crippen LogP contribution in [0.2, 0.25) is 0 Å². The largest absolute Gasteiger partial charge is 0.493 e. The molecule has 0 unspecified atom stereocenters. The Labute approximate surface area is 187 Å². The van der Waals surface area contributed by atoms with E-state index in [4.69, 9.17) is 18.9 Å². The van der Waals surface area contributed by atoms with Crippen molar-refractivity contribution >= 4 is 28.1 Å². The molecule has 4 rings (SSSR count). The number of carbonyl (C=O) groups is 1. The number of fused-ring (bicyclic) bond motifs is 1. The lowest BCUT2D eigenvalue weighted by Crippen LogP contribution is -2.17. The number of benzene rings is 3. The van der Waals surface area contributed by atoms with Gasteiger partial charge in [0.25, 0.3) is 5.91 Å². The maximum atomic E-state index is 12.3. The highest BCUT2D eigenvalue weighted by molar-refractivity contribution is 9.10. The third kappa shape index (κ3) is 4.97. The lowest BCUT2D eigenvalue weighted by molar-refractivity contribution is 0.0954. The molecule has 31 heavy (non-hydrogen) atoms. The summed E-state index contributed by atoms with van der Waals surface area (Å²) < 4.78 is 22.6. The van der Waals surface area contributed by atoms with Gasteiger partial charge in [0.1, 0.15) is 6.61 Å². The summed E-state index contributed by atoms with van der Waals surface area (Å²) in [5, 5.41) is 4.04. The Bertz CT molecular complexity index is 1120. The lowest BCUT2D eigenvalue weighted by Gasteiger charge is -2.13. The zero-order valence-corrected chi connectivity index (χ0v) is 18.2. The van der Waals surface area contributed by atoms with Crippen molar-refractivity contribution in [1.29, 1.82) is 0 Å². The summed E-state index contributed by atoms with van der Waals surface area (Å²) >= 11 is 3.52. The molecule has 0 aromatic heterocycles. The highest BCUT2D eigenvalue weighted by atomic mass is 79.9. The summed E-state index contributed by atoms with van der Waals surface area (Å²) in [4.78, 5) is 12.3. The van der Waals surface area contributed by atoms with Gasteiger partial charge in [0.2, 0.25) is 6.79 Å². The Balaban J connectivity index is 1.42. The second-order valence-corrected chi connectivity index (χ2v) is 7.43.